The number of aromatic nitrogens is 2. The van der Waals surface area contributed by atoms with Crippen LogP contribution < -0.4 is 16.5 Å². The third-order valence-corrected chi connectivity index (χ3v) is 5.05. The number of nitrogens with zero attached hydrogens (tertiary/aromatic N) is 3. The first-order valence-electron chi connectivity index (χ1n) is 10.3. The Morgan fingerprint density at radius 2 is 2.03 bits per heavy atom. The molecule has 5 rings (SSSR count). The molecule has 2 aliphatic rings. The molecule has 8 nitrogen and oxygen atoms in total. The Morgan fingerprint density at radius 1 is 1.23 bits per heavy atom. The zero-order valence-corrected chi connectivity index (χ0v) is 17.4. The first kappa shape index (κ1) is 20.9. The Labute approximate surface area is 181 Å². The number of nitrogen functional groups attached to an aromatic ring is 1. The molecule has 160 valence electrons. The van der Waals surface area contributed by atoms with Gasteiger partial charge in [-0.15, -0.1) is 0 Å². The number of nitrogens with two attached hydrogens (primary N) is 1. The lowest BCUT2D eigenvalue weighted by atomic mass is 10.1. The molecule has 3 aromatic rings. The average molecular weight is 419 g/mol. The summed E-state index contributed by atoms with van der Waals surface area (Å²) < 4.78 is 5.12. The molecular formula is C23H26N6O2. The largest absolute Gasteiger partial charge is 0.397 e. The van der Waals surface area contributed by atoms with Crippen molar-refractivity contribution < 1.29 is 9.53 Å². The lowest BCUT2D eigenvalue weighted by Gasteiger charge is -2.08. The Hall–Kier alpha value is -3.33. The van der Waals surface area contributed by atoms with E-state index in [1.807, 2.05) is 37.3 Å². The zero-order valence-electron chi connectivity index (χ0n) is 17.4. The number of ether oxygens (including phenoxy) is 1. The minimum absolute atomic E-state index is 0.198. The molecule has 2 saturated heterocycles. The van der Waals surface area contributed by atoms with Crippen LogP contribution in [-0.2, 0) is 11.2 Å². The van der Waals surface area contributed by atoms with Crippen molar-refractivity contribution in [3.63, 3.8) is 0 Å². The van der Waals surface area contributed by atoms with Crippen molar-refractivity contribution in [1.29, 1.82) is 0 Å². The van der Waals surface area contributed by atoms with Gasteiger partial charge < -0.3 is 15.8 Å². The van der Waals surface area contributed by atoms with Gasteiger partial charge in [-0.3, -0.25) is 4.79 Å². The molecule has 1 aromatic heterocycles. The molecule has 0 spiro atoms. The van der Waals surface area contributed by atoms with Crippen molar-refractivity contribution in [2.24, 2.45) is 0 Å². The second-order valence-corrected chi connectivity index (χ2v) is 7.24. The van der Waals surface area contributed by atoms with Gasteiger partial charge >= 0.3 is 0 Å². The molecule has 8 heteroatoms. The maximum Gasteiger partial charge on any atom is 0.255 e. The van der Waals surface area contributed by atoms with E-state index in [1.54, 1.807) is 30.5 Å². The third kappa shape index (κ3) is 5.43. The van der Waals surface area contributed by atoms with Gasteiger partial charge in [-0.2, -0.15) is 0 Å². The number of anilines is 2. The van der Waals surface area contributed by atoms with Gasteiger partial charge in [0.15, 0.2) is 0 Å². The number of nitrogens with one attached hydrogen (secondary N) is 2. The number of rotatable bonds is 4. The molecule has 3 heterocycles. The number of morpholine rings is 1. The van der Waals surface area contributed by atoms with E-state index in [9.17, 15) is 4.79 Å². The molecule has 2 atom stereocenters. The summed E-state index contributed by atoms with van der Waals surface area (Å²) in [6, 6.07) is 16.3. The third-order valence-electron chi connectivity index (χ3n) is 5.05. The monoisotopic (exact) mass is 418 g/mol. The first-order chi connectivity index (χ1) is 15.1. The minimum Gasteiger partial charge on any atom is -0.397 e. The maximum atomic E-state index is 12.3. The Bertz CT molecular complexity index is 1030. The van der Waals surface area contributed by atoms with Crippen molar-refractivity contribution in [3.8, 4) is 11.3 Å². The first-order valence-corrected chi connectivity index (χ1v) is 10.3. The van der Waals surface area contributed by atoms with Crippen LogP contribution in [0, 0.1) is 0 Å². The Balaban J connectivity index is 0.000000275. The molecule has 31 heavy (non-hydrogen) atoms. The van der Waals surface area contributed by atoms with Crippen molar-refractivity contribution in [2.45, 2.75) is 19.5 Å². The van der Waals surface area contributed by atoms with Gasteiger partial charge in [-0.25, -0.2) is 20.4 Å². The van der Waals surface area contributed by atoms with Crippen molar-refractivity contribution >= 4 is 17.3 Å². The number of hydrazine groups is 1. The van der Waals surface area contributed by atoms with E-state index in [2.05, 4.69) is 25.7 Å². The van der Waals surface area contributed by atoms with Crippen molar-refractivity contribution in [1.82, 2.24) is 20.4 Å². The van der Waals surface area contributed by atoms with Crippen LogP contribution in [0.1, 0.15) is 23.1 Å². The minimum atomic E-state index is -0.198. The number of amides is 1. The van der Waals surface area contributed by atoms with Gasteiger partial charge in [0.25, 0.3) is 5.91 Å². The van der Waals surface area contributed by atoms with Crippen LogP contribution >= 0.6 is 0 Å². The van der Waals surface area contributed by atoms with Crippen LogP contribution in [0.15, 0.2) is 60.8 Å². The van der Waals surface area contributed by atoms with Gasteiger partial charge in [0, 0.05) is 30.3 Å². The van der Waals surface area contributed by atoms with E-state index in [0.29, 0.717) is 23.1 Å². The van der Waals surface area contributed by atoms with Gasteiger partial charge in [-0.05, 0) is 30.3 Å². The summed E-state index contributed by atoms with van der Waals surface area (Å²) in [5, 5.41) is 5.00. The lowest BCUT2D eigenvalue weighted by Crippen LogP contribution is -2.20. The Morgan fingerprint density at radius 3 is 2.71 bits per heavy atom. The molecule has 2 aromatic carbocycles. The number of fused-ring (bicyclic) bond motifs is 1. The molecule has 2 fully saturated rings. The lowest BCUT2D eigenvalue weighted by molar-refractivity contribution is 0.0872. The standard InChI is InChI=1S/C19H18N4O.C4H8N2O/c1-2-18-21-12-11-16(22-18)13-7-9-14(10-8-13)19(24)23-17-6-4-3-5-15(17)20;1-2-7-3-4-5-6(1)4/h3-12H,2,20H2,1H3,(H,23,24);4-5H,1-3H2. The predicted molar refractivity (Wildman–Crippen MR) is 120 cm³/mol. The number of aryl methyl sites for hydroxylation is 1. The highest BCUT2D eigenvalue weighted by Crippen LogP contribution is 2.20. The summed E-state index contributed by atoms with van der Waals surface area (Å²) >= 11 is 0. The fraction of sp³-hybridized carbons (Fsp3) is 0.261. The summed E-state index contributed by atoms with van der Waals surface area (Å²) in [6.45, 7) is 4.84. The second kappa shape index (κ2) is 9.65. The van der Waals surface area contributed by atoms with Gasteiger partial charge in [0.05, 0.1) is 30.3 Å². The SMILES string of the molecule is C1CN2NC2CO1.CCc1nccc(-c2ccc(C(=O)Nc3ccccc3N)cc2)n1. The quantitative estimate of drug-likeness (QED) is 0.441. The van der Waals surface area contributed by atoms with Crippen LogP contribution in [0.2, 0.25) is 0 Å². The zero-order chi connectivity index (χ0) is 21.6. The van der Waals surface area contributed by atoms with Crippen molar-refractivity contribution in [2.75, 3.05) is 30.8 Å². The number of hydrogen-bond donors (Lipinski definition) is 3. The summed E-state index contributed by atoms with van der Waals surface area (Å²) in [5.74, 6) is 0.602. The number of hydrogen-bond acceptors (Lipinski definition) is 7. The maximum absolute atomic E-state index is 12.3. The normalized spacial score (nSPS) is 18.9. The summed E-state index contributed by atoms with van der Waals surface area (Å²) in [5.41, 5.74) is 12.5. The molecule has 2 unspecified atom stereocenters. The average Bonchev–Trinajstić information content (AvgIpc) is 3.61. The fourth-order valence-corrected chi connectivity index (χ4v) is 3.19. The number of benzene rings is 2. The van der Waals surface area contributed by atoms with E-state index < -0.39 is 0 Å². The van der Waals surface area contributed by atoms with E-state index in [1.165, 1.54) is 0 Å². The number of para-hydroxylation sites is 2. The molecular weight excluding hydrogens is 392 g/mol. The Kier molecular flexibility index (Phi) is 6.51. The highest BCUT2D eigenvalue weighted by Gasteiger charge is 2.35. The smallest absolute Gasteiger partial charge is 0.255 e. The van der Waals surface area contributed by atoms with Gasteiger partial charge in [0.2, 0.25) is 0 Å². The van der Waals surface area contributed by atoms with E-state index in [4.69, 9.17) is 10.5 Å². The summed E-state index contributed by atoms with van der Waals surface area (Å²) in [6.07, 6.45) is 3.10. The predicted octanol–water partition coefficient (Wildman–Crippen LogP) is 2.70. The molecule has 0 aliphatic carbocycles. The van der Waals surface area contributed by atoms with Crippen LogP contribution in [0.4, 0.5) is 11.4 Å². The van der Waals surface area contributed by atoms with E-state index in [0.717, 1.165) is 43.3 Å². The van der Waals surface area contributed by atoms with Crippen molar-refractivity contribution in [3.05, 3.63) is 72.2 Å². The van der Waals surface area contributed by atoms with Gasteiger partial charge in [0.1, 0.15) is 12.0 Å². The van der Waals surface area contributed by atoms with Crippen LogP contribution in [0.3, 0.4) is 0 Å². The molecule has 4 N–H and O–H groups in total. The summed E-state index contributed by atoms with van der Waals surface area (Å²) in [7, 11) is 0. The number of carbonyl (C=O) groups is 1. The summed E-state index contributed by atoms with van der Waals surface area (Å²) in [4.78, 5) is 21.0. The molecule has 0 radical (unpaired) electrons. The van der Waals surface area contributed by atoms with Gasteiger partial charge in [-0.1, -0.05) is 31.2 Å². The van der Waals surface area contributed by atoms with E-state index in [-0.39, 0.29) is 5.91 Å². The number of carbonyl (C=O) groups excluding carboxylic acids is 1. The molecule has 1 amide bonds. The van der Waals surface area contributed by atoms with Crippen LogP contribution in [0.25, 0.3) is 11.3 Å². The van der Waals surface area contributed by atoms with Crippen LogP contribution in [-0.4, -0.2) is 46.8 Å². The fourth-order valence-electron chi connectivity index (χ4n) is 3.19. The van der Waals surface area contributed by atoms with E-state index >= 15 is 0 Å². The molecule has 0 saturated carbocycles. The molecule has 0 bridgehead atoms. The van der Waals surface area contributed by atoms with Crippen LogP contribution in [0.5, 0.6) is 0 Å². The molecule has 2 aliphatic heterocycles. The topological polar surface area (TPSA) is 115 Å². The highest BCUT2D eigenvalue weighted by molar-refractivity contribution is 6.05. The highest BCUT2D eigenvalue weighted by atomic mass is 16.5. The second-order valence-electron chi connectivity index (χ2n) is 7.24.